The highest BCUT2D eigenvalue weighted by atomic mass is 16.5. The Morgan fingerprint density at radius 2 is 1.87 bits per heavy atom. The van der Waals surface area contributed by atoms with Crippen molar-refractivity contribution >= 4 is 5.91 Å². The topological polar surface area (TPSA) is 87.7 Å². The van der Waals surface area contributed by atoms with Gasteiger partial charge < -0.3 is 19.5 Å². The number of amides is 1. The van der Waals surface area contributed by atoms with Gasteiger partial charge >= 0.3 is 0 Å². The number of aromatic hydroxyl groups is 1. The van der Waals surface area contributed by atoms with Gasteiger partial charge in [0.1, 0.15) is 22.9 Å². The number of carbonyl (C=O) groups excluding carboxylic acids is 1. The number of fused-ring (bicyclic) bond motifs is 1. The van der Waals surface area contributed by atoms with Crippen molar-refractivity contribution in [3.8, 4) is 22.8 Å². The van der Waals surface area contributed by atoms with Crippen LogP contribution in [-0.2, 0) is 4.74 Å². The molecule has 2 N–H and O–H groups in total. The van der Waals surface area contributed by atoms with Gasteiger partial charge in [-0.05, 0) is 50.1 Å². The SMILES string of the molecule is CCOCCCN1C(=O)c2[nH]nc(-c3ccccc3O)c2[C@@H]1c1ccc(OCC)cc1. The lowest BCUT2D eigenvalue weighted by Crippen LogP contribution is -2.31. The molecule has 7 nitrogen and oxygen atoms in total. The van der Waals surface area contributed by atoms with E-state index in [-0.39, 0.29) is 17.7 Å². The standard InChI is InChI=1S/C24H27N3O4/c1-3-30-15-7-14-27-23(16-10-12-17(13-11-16)31-4-2)20-21(25-26-22(20)24(27)29)18-8-5-6-9-19(18)28/h5-6,8-13,23,28H,3-4,7,14-15H2,1-2H3,(H,25,26)/t23-/m0/s1. The lowest BCUT2D eigenvalue weighted by Gasteiger charge is -2.26. The van der Waals surface area contributed by atoms with Crippen molar-refractivity contribution in [1.29, 1.82) is 0 Å². The number of para-hydroxylation sites is 1. The normalized spacial score (nSPS) is 15.4. The summed E-state index contributed by atoms with van der Waals surface area (Å²) in [6.45, 7) is 6.29. The van der Waals surface area contributed by atoms with Crippen LogP contribution >= 0.6 is 0 Å². The summed E-state index contributed by atoms with van der Waals surface area (Å²) < 4.78 is 11.0. The minimum Gasteiger partial charge on any atom is -0.507 e. The number of aromatic amines is 1. The van der Waals surface area contributed by atoms with Crippen LogP contribution in [-0.4, -0.2) is 52.5 Å². The molecule has 4 rings (SSSR count). The van der Waals surface area contributed by atoms with Gasteiger partial charge in [-0.15, -0.1) is 0 Å². The molecule has 0 saturated heterocycles. The van der Waals surface area contributed by atoms with Crippen LogP contribution in [0.2, 0.25) is 0 Å². The van der Waals surface area contributed by atoms with Crippen LogP contribution in [0, 0.1) is 0 Å². The van der Waals surface area contributed by atoms with E-state index in [0.717, 1.165) is 23.3 Å². The van der Waals surface area contributed by atoms with Crippen molar-refractivity contribution in [3.63, 3.8) is 0 Å². The molecule has 3 aromatic rings. The van der Waals surface area contributed by atoms with E-state index in [4.69, 9.17) is 9.47 Å². The molecule has 2 heterocycles. The molecule has 31 heavy (non-hydrogen) atoms. The van der Waals surface area contributed by atoms with Gasteiger partial charge in [0.2, 0.25) is 0 Å². The first-order chi connectivity index (χ1) is 15.2. The molecule has 2 aromatic carbocycles. The number of phenolic OH excluding ortho intramolecular Hbond substituents is 1. The summed E-state index contributed by atoms with van der Waals surface area (Å²) in [5.41, 5.74) is 3.40. The predicted octanol–water partition coefficient (Wildman–Crippen LogP) is 4.15. The second-order valence-corrected chi connectivity index (χ2v) is 7.33. The van der Waals surface area contributed by atoms with Gasteiger partial charge in [0, 0.05) is 30.9 Å². The first-order valence-corrected chi connectivity index (χ1v) is 10.6. The van der Waals surface area contributed by atoms with Crippen LogP contribution in [0.3, 0.4) is 0 Å². The van der Waals surface area contributed by atoms with Crippen molar-refractivity contribution in [3.05, 3.63) is 65.4 Å². The van der Waals surface area contributed by atoms with Crippen molar-refractivity contribution < 1.29 is 19.4 Å². The molecule has 1 atom stereocenters. The molecule has 1 aliphatic rings. The van der Waals surface area contributed by atoms with E-state index in [1.54, 1.807) is 12.1 Å². The quantitative estimate of drug-likeness (QED) is 0.507. The fourth-order valence-electron chi connectivity index (χ4n) is 4.05. The van der Waals surface area contributed by atoms with Crippen molar-refractivity contribution in [2.75, 3.05) is 26.4 Å². The largest absolute Gasteiger partial charge is 0.507 e. The van der Waals surface area contributed by atoms with E-state index in [1.165, 1.54) is 0 Å². The molecule has 0 unspecified atom stereocenters. The molecule has 0 fully saturated rings. The maximum Gasteiger partial charge on any atom is 0.273 e. The molecule has 162 valence electrons. The summed E-state index contributed by atoms with van der Waals surface area (Å²) in [6, 6.07) is 14.5. The number of hydrogen-bond acceptors (Lipinski definition) is 5. The zero-order valence-corrected chi connectivity index (χ0v) is 17.8. The lowest BCUT2D eigenvalue weighted by atomic mass is 9.95. The molecule has 0 radical (unpaired) electrons. The summed E-state index contributed by atoms with van der Waals surface area (Å²) in [7, 11) is 0. The monoisotopic (exact) mass is 421 g/mol. The third-order valence-electron chi connectivity index (χ3n) is 5.42. The van der Waals surface area contributed by atoms with Gasteiger partial charge in [-0.25, -0.2) is 0 Å². The third kappa shape index (κ3) is 4.01. The zero-order chi connectivity index (χ0) is 21.8. The molecule has 1 amide bonds. The predicted molar refractivity (Wildman–Crippen MR) is 117 cm³/mol. The number of benzene rings is 2. The fraction of sp³-hybridized carbons (Fsp3) is 0.333. The Labute approximate surface area is 181 Å². The van der Waals surface area contributed by atoms with Crippen LogP contribution in [0.25, 0.3) is 11.3 Å². The first-order valence-electron chi connectivity index (χ1n) is 10.6. The molecule has 0 bridgehead atoms. The van der Waals surface area contributed by atoms with Crippen molar-refractivity contribution in [2.24, 2.45) is 0 Å². The van der Waals surface area contributed by atoms with Crippen LogP contribution in [0.5, 0.6) is 11.5 Å². The maximum atomic E-state index is 13.3. The molecule has 7 heteroatoms. The number of hydrogen-bond donors (Lipinski definition) is 2. The molecule has 0 saturated carbocycles. The Hall–Kier alpha value is -3.32. The molecule has 1 aliphatic heterocycles. The summed E-state index contributed by atoms with van der Waals surface area (Å²) in [4.78, 5) is 15.1. The van der Waals surface area contributed by atoms with E-state index >= 15 is 0 Å². The summed E-state index contributed by atoms with van der Waals surface area (Å²) in [5, 5.41) is 17.7. The Morgan fingerprint density at radius 3 is 2.58 bits per heavy atom. The maximum absolute atomic E-state index is 13.3. The highest BCUT2D eigenvalue weighted by Crippen LogP contribution is 2.44. The number of carbonyl (C=O) groups is 1. The van der Waals surface area contributed by atoms with Gasteiger partial charge in [-0.1, -0.05) is 24.3 Å². The van der Waals surface area contributed by atoms with E-state index in [9.17, 15) is 9.90 Å². The third-order valence-corrected chi connectivity index (χ3v) is 5.42. The highest BCUT2D eigenvalue weighted by Gasteiger charge is 2.42. The summed E-state index contributed by atoms with van der Waals surface area (Å²) in [5.74, 6) is 0.816. The molecule has 1 aromatic heterocycles. The Morgan fingerprint density at radius 1 is 1.10 bits per heavy atom. The second-order valence-electron chi connectivity index (χ2n) is 7.33. The van der Waals surface area contributed by atoms with E-state index < -0.39 is 0 Å². The fourth-order valence-corrected chi connectivity index (χ4v) is 4.05. The lowest BCUT2D eigenvalue weighted by molar-refractivity contribution is 0.0710. The second kappa shape index (κ2) is 9.22. The van der Waals surface area contributed by atoms with Gasteiger partial charge in [0.25, 0.3) is 5.91 Å². The summed E-state index contributed by atoms with van der Waals surface area (Å²) >= 11 is 0. The Balaban J connectivity index is 1.76. The van der Waals surface area contributed by atoms with E-state index in [1.807, 2.05) is 55.1 Å². The Bertz CT molecular complexity index is 1050. The first kappa shape index (κ1) is 20.9. The van der Waals surface area contributed by atoms with Gasteiger partial charge in [0.05, 0.1) is 12.6 Å². The number of phenols is 1. The van der Waals surface area contributed by atoms with Crippen LogP contribution in [0.15, 0.2) is 48.5 Å². The molecule has 0 spiro atoms. The smallest absolute Gasteiger partial charge is 0.273 e. The number of H-pyrrole nitrogens is 1. The molecular formula is C24H27N3O4. The van der Waals surface area contributed by atoms with Gasteiger partial charge in [0.15, 0.2) is 0 Å². The number of nitrogens with zero attached hydrogens (tertiary/aromatic N) is 2. The van der Waals surface area contributed by atoms with Crippen LogP contribution < -0.4 is 4.74 Å². The van der Waals surface area contributed by atoms with E-state index in [0.29, 0.717) is 43.3 Å². The molecule has 0 aliphatic carbocycles. The number of aromatic nitrogens is 2. The minimum atomic E-state index is -0.312. The number of nitrogens with one attached hydrogen (secondary N) is 1. The van der Waals surface area contributed by atoms with Gasteiger partial charge in [-0.2, -0.15) is 5.10 Å². The average molecular weight is 421 g/mol. The van der Waals surface area contributed by atoms with Crippen molar-refractivity contribution in [2.45, 2.75) is 26.3 Å². The highest BCUT2D eigenvalue weighted by molar-refractivity contribution is 6.00. The number of ether oxygens (including phenoxy) is 2. The minimum absolute atomic E-state index is 0.0976. The zero-order valence-electron chi connectivity index (χ0n) is 17.8. The molecular weight excluding hydrogens is 394 g/mol. The number of rotatable bonds is 9. The average Bonchev–Trinajstić information content (AvgIpc) is 3.32. The van der Waals surface area contributed by atoms with Crippen LogP contribution in [0.1, 0.15) is 47.9 Å². The summed E-state index contributed by atoms with van der Waals surface area (Å²) in [6.07, 6.45) is 0.733. The van der Waals surface area contributed by atoms with Gasteiger partial charge in [-0.3, -0.25) is 9.89 Å². The van der Waals surface area contributed by atoms with Crippen molar-refractivity contribution in [1.82, 2.24) is 15.1 Å². The van der Waals surface area contributed by atoms with E-state index in [2.05, 4.69) is 10.2 Å². The Kier molecular flexibility index (Phi) is 6.23. The van der Waals surface area contributed by atoms with Crippen LogP contribution in [0.4, 0.5) is 0 Å².